The van der Waals surface area contributed by atoms with Gasteiger partial charge >= 0.3 is 0 Å². The molecule has 0 saturated heterocycles. The third-order valence-corrected chi connectivity index (χ3v) is 5.27. The lowest BCUT2D eigenvalue weighted by Crippen LogP contribution is -2.36. The zero-order chi connectivity index (χ0) is 17.1. The Kier molecular flexibility index (Phi) is 4.63. The van der Waals surface area contributed by atoms with Gasteiger partial charge in [-0.25, -0.2) is 9.97 Å². The molecule has 0 bridgehead atoms. The van der Waals surface area contributed by atoms with Crippen LogP contribution in [0.25, 0.3) is 0 Å². The van der Waals surface area contributed by atoms with Gasteiger partial charge in [0.1, 0.15) is 11.5 Å². The Morgan fingerprint density at radius 1 is 1.04 bits per heavy atom. The molecule has 2 aromatic rings. The van der Waals surface area contributed by atoms with Crippen molar-refractivity contribution in [1.82, 2.24) is 15.3 Å². The highest BCUT2D eigenvalue weighted by Crippen LogP contribution is 2.22. The normalized spacial score (nSPS) is 17.8. The van der Waals surface area contributed by atoms with Gasteiger partial charge in [-0.2, -0.15) is 0 Å². The molecule has 1 aromatic carbocycles. The van der Waals surface area contributed by atoms with E-state index in [4.69, 9.17) is 0 Å². The van der Waals surface area contributed by atoms with Crippen LogP contribution in [0.5, 0.6) is 0 Å². The molecule has 1 N–H and O–H groups in total. The number of hydrogen-bond donors (Lipinski definition) is 1. The average Bonchev–Trinajstić information content (AvgIpc) is 2.68. The van der Waals surface area contributed by atoms with Crippen LogP contribution in [0.15, 0.2) is 36.7 Å². The van der Waals surface area contributed by atoms with Gasteiger partial charge < -0.3 is 10.2 Å². The number of nitrogens with zero attached hydrogens (tertiary/aromatic N) is 3. The predicted molar refractivity (Wildman–Crippen MR) is 97.6 cm³/mol. The monoisotopic (exact) mass is 336 g/mol. The Labute approximate surface area is 148 Å². The topological polar surface area (TPSA) is 58.1 Å². The number of carbonyl (C=O) groups is 1. The standard InChI is InChI=1S/C20H24N4O/c25-20(23-17-8-2-1-3-9-17)18-12-22-19(13-21-18)24-11-10-15-6-4-5-7-16(15)14-24/h4-7,12-13,17H,1-3,8-11,14H2,(H,23,25). The molecule has 0 unspecified atom stereocenters. The van der Waals surface area contributed by atoms with E-state index in [-0.39, 0.29) is 5.91 Å². The molecule has 4 rings (SSSR count). The fraction of sp³-hybridized carbons (Fsp3) is 0.450. The Morgan fingerprint density at radius 2 is 1.84 bits per heavy atom. The summed E-state index contributed by atoms with van der Waals surface area (Å²) in [6.07, 6.45) is 10.2. The quantitative estimate of drug-likeness (QED) is 0.936. The van der Waals surface area contributed by atoms with Crippen molar-refractivity contribution in [1.29, 1.82) is 0 Å². The van der Waals surface area contributed by atoms with Crippen LogP contribution in [-0.2, 0) is 13.0 Å². The second-order valence-electron chi connectivity index (χ2n) is 7.01. The molecule has 1 saturated carbocycles. The molecule has 5 nitrogen and oxygen atoms in total. The van der Waals surface area contributed by atoms with Gasteiger partial charge in [0.25, 0.3) is 5.91 Å². The van der Waals surface area contributed by atoms with Crippen molar-refractivity contribution in [3.05, 3.63) is 53.5 Å². The fourth-order valence-electron chi connectivity index (χ4n) is 3.80. The molecule has 25 heavy (non-hydrogen) atoms. The molecule has 1 aliphatic heterocycles. The van der Waals surface area contributed by atoms with Crippen molar-refractivity contribution in [3.63, 3.8) is 0 Å². The largest absolute Gasteiger partial charge is 0.351 e. The van der Waals surface area contributed by atoms with E-state index >= 15 is 0 Å². The van der Waals surface area contributed by atoms with Crippen molar-refractivity contribution in [2.45, 2.75) is 51.1 Å². The number of carbonyl (C=O) groups excluding carboxylic acids is 1. The maximum absolute atomic E-state index is 12.3. The molecule has 5 heteroatoms. The molecule has 1 amide bonds. The lowest BCUT2D eigenvalue weighted by Gasteiger charge is -2.29. The van der Waals surface area contributed by atoms with Crippen molar-refractivity contribution < 1.29 is 4.79 Å². The third kappa shape index (κ3) is 3.65. The Bertz CT molecular complexity index is 738. The maximum Gasteiger partial charge on any atom is 0.271 e. The summed E-state index contributed by atoms with van der Waals surface area (Å²) in [5, 5.41) is 3.09. The molecule has 130 valence electrons. The number of rotatable bonds is 3. The van der Waals surface area contributed by atoms with E-state index < -0.39 is 0 Å². The van der Waals surface area contributed by atoms with Crippen molar-refractivity contribution in [2.75, 3.05) is 11.4 Å². The van der Waals surface area contributed by atoms with Gasteiger partial charge in [-0.1, -0.05) is 43.5 Å². The Balaban J connectivity index is 1.41. The van der Waals surface area contributed by atoms with Crippen LogP contribution in [0.3, 0.4) is 0 Å². The van der Waals surface area contributed by atoms with Gasteiger partial charge in [-0.3, -0.25) is 4.79 Å². The van der Waals surface area contributed by atoms with Gasteiger partial charge in [0.15, 0.2) is 0 Å². The zero-order valence-electron chi connectivity index (χ0n) is 14.4. The van der Waals surface area contributed by atoms with Gasteiger partial charge in [0.2, 0.25) is 0 Å². The first-order valence-corrected chi connectivity index (χ1v) is 9.24. The summed E-state index contributed by atoms with van der Waals surface area (Å²) >= 11 is 0. The fourth-order valence-corrected chi connectivity index (χ4v) is 3.80. The molecule has 0 atom stereocenters. The minimum atomic E-state index is -0.102. The molecule has 0 spiro atoms. The first-order chi connectivity index (χ1) is 12.3. The summed E-state index contributed by atoms with van der Waals surface area (Å²) in [5.41, 5.74) is 3.16. The molecule has 1 aromatic heterocycles. The van der Waals surface area contributed by atoms with E-state index in [2.05, 4.69) is 44.5 Å². The maximum atomic E-state index is 12.3. The SMILES string of the molecule is O=C(NC1CCCCC1)c1cnc(N2CCc3ccccc3C2)cn1. The smallest absolute Gasteiger partial charge is 0.271 e. The highest BCUT2D eigenvalue weighted by atomic mass is 16.1. The lowest BCUT2D eigenvalue weighted by atomic mass is 9.95. The van der Waals surface area contributed by atoms with E-state index in [0.29, 0.717) is 11.7 Å². The van der Waals surface area contributed by atoms with Gasteiger partial charge in [-0.05, 0) is 30.4 Å². The van der Waals surface area contributed by atoms with Crippen LogP contribution in [0, 0.1) is 0 Å². The second-order valence-corrected chi connectivity index (χ2v) is 7.01. The van der Waals surface area contributed by atoms with Crippen molar-refractivity contribution in [2.24, 2.45) is 0 Å². The second kappa shape index (κ2) is 7.21. The van der Waals surface area contributed by atoms with Gasteiger partial charge in [-0.15, -0.1) is 0 Å². The van der Waals surface area contributed by atoms with Crippen molar-refractivity contribution in [3.8, 4) is 0 Å². The number of benzene rings is 1. The zero-order valence-corrected chi connectivity index (χ0v) is 14.4. The summed E-state index contributed by atoms with van der Waals surface area (Å²) in [7, 11) is 0. The lowest BCUT2D eigenvalue weighted by molar-refractivity contribution is 0.0922. The van der Waals surface area contributed by atoms with E-state index in [1.54, 1.807) is 12.4 Å². The minimum Gasteiger partial charge on any atom is -0.351 e. The molecule has 1 aliphatic carbocycles. The van der Waals surface area contributed by atoms with Crippen LogP contribution in [0.4, 0.5) is 5.82 Å². The number of hydrogen-bond acceptors (Lipinski definition) is 4. The Morgan fingerprint density at radius 3 is 2.60 bits per heavy atom. The van der Waals surface area contributed by atoms with Crippen LogP contribution < -0.4 is 10.2 Å². The van der Waals surface area contributed by atoms with Crippen LogP contribution >= 0.6 is 0 Å². The first kappa shape index (κ1) is 16.1. The highest BCUT2D eigenvalue weighted by molar-refractivity contribution is 5.92. The minimum absolute atomic E-state index is 0.102. The number of aromatic nitrogens is 2. The van der Waals surface area contributed by atoms with E-state index in [0.717, 1.165) is 38.2 Å². The van der Waals surface area contributed by atoms with E-state index in [1.165, 1.54) is 30.4 Å². The number of amides is 1. The Hall–Kier alpha value is -2.43. The molecular formula is C20H24N4O. The number of fused-ring (bicyclic) bond motifs is 1. The highest BCUT2D eigenvalue weighted by Gasteiger charge is 2.20. The summed E-state index contributed by atoms with van der Waals surface area (Å²) in [5.74, 6) is 0.735. The van der Waals surface area contributed by atoms with Gasteiger partial charge in [0.05, 0.1) is 12.4 Å². The molecule has 2 heterocycles. The molecule has 1 fully saturated rings. The molecular weight excluding hydrogens is 312 g/mol. The van der Waals surface area contributed by atoms with Crippen molar-refractivity contribution >= 4 is 11.7 Å². The summed E-state index contributed by atoms with van der Waals surface area (Å²) < 4.78 is 0. The average molecular weight is 336 g/mol. The number of anilines is 1. The first-order valence-electron chi connectivity index (χ1n) is 9.24. The van der Waals surface area contributed by atoms with Crippen LogP contribution in [0.2, 0.25) is 0 Å². The van der Waals surface area contributed by atoms with E-state index in [1.807, 2.05) is 0 Å². The molecule has 2 aliphatic rings. The summed E-state index contributed by atoms with van der Waals surface area (Å²) in [6, 6.07) is 8.82. The van der Waals surface area contributed by atoms with Crippen LogP contribution in [-0.4, -0.2) is 28.5 Å². The predicted octanol–water partition coefficient (Wildman–Crippen LogP) is 3.10. The molecule has 0 radical (unpaired) electrons. The summed E-state index contributed by atoms with van der Waals surface area (Å²) in [6.45, 7) is 1.78. The number of nitrogens with one attached hydrogen (secondary N) is 1. The third-order valence-electron chi connectivity index (χ3n) is 5.27. The van der Waals surface area contributed by atoms with Crippen LogP contribution in [0.1, 0.15) is 53.7 Å². The van der Waals surface area contributed by atoms with Gasteiger partial charge in [0, 0.05) is 19.1 Å². The summed E-state index contributed by atoms with van der Waals surface area (Å²) in [4.78, 5) is 23.4. The van der Waals surface area contributed by atoms with E-state index in [9.17, 15) is 4.79 Å².